The fraction of sp³-hybridized carbons (Fsp3) is 0.556. The van der Waals surface area contributed by atoms with Gasteiger partial charge in [-0.2, -0.15) is 0 Å². The first kappa shape index (κ1) is 10.2. The van der Waals surface area contributed by atoms with Crippen molar-refractivity contribution in [2.75, 3.05) is 0 Å². The average molecular weight is 192 g/mol. The molecule has 1 nitrogen and oxygen atoms in total. The zero-order chi connectivity index (χ0) is 10.1. The predicted molar refractivity (Wildman–Crippen MR) is 42.8 cm³/mol. The van der Waals surface area contributed by atoms with Gasteiger partial charge in [0.25, 0.3) is 0 Å². The molecule has 0 N–H and O–H groups in total. The van der Waals surface area contributed by atoms with Gasteiger partial charge in [0.1, 0.15) is 5.76 Å². The molecule has 0 saturated heterocycles. The van der Waals surface area contributed by atoms with Crippen LogP contribution in [0.3, 0.4) is 0 Å². The first-order valence-corrected chi connectivity index (χ1v) is 4.01. The topological polar surface area (TPSA) is 9.23 Å². The Kier molecular flexibility index (Phi) is 2.68. The Morgan fingerprint density at radius 3 is 2.46 bits per heavy atom. The molecule has 74 valence electrons. The van der Waals surface area contributed by atoms with Crippen LogP contribution in [-0.2, 0) is 4.74 Å². The van der Waals surface area contributed by atoms with Crippen molar-refractivity contribution >= 4 is 0 Å². The second kappa shape index (κ2) is 3.44. The lowest BCUT2D eigenvalue weighted by Gasteiger charge is -2.21. The summed E-state index contributed by atoms with van der Waals surface area (Å²) >= 11 is 0. The van der Waals surface area contributed by atoms with Crippen LogP contribution in [0.5, 0.6) is 0 Å². The predicted octanol–water partition coefficient (Wildman–Crippen LogP) is 3.39. The Morgan fingerprint density at radius 2 is 2.00 bits per heavy atom. The van der Waals surface area contributed by atoms with Crippen molar-refractivity contribution in [3.8, 4) is 0 Å². The molecule has 1 unspecified atom stereocenters. The molecule has 1 atom stereocenters. The smallest absolute Gasteiger partial charge is 0.410 e. The van der Waals surface area contributed by atoms with Crippen molar-refractivity contribution in [3.05, 3.63) is 23.5 Å². The Hall–Kier alpha value is -0.930. The van der Waals surface area contributed by atoms with Crippen molar-refractivity contribution in [2.24, 2.45) is 5.92 Å². The summed E-state index contributed by atoms with van der Waals surface area (Å²) in [7, 11) is 0. The number of alkyl halides is 3. The van der Waals surface area contributed by atoms with E-state index < -0.39 is 6.36 Å². The summed E-state index contributed by atoms with van der Waals surface area (Å²) in [6.45, 7) is 3.60. The zero-order valence-electron chi connectivity index (χ0n) is 7.48. The second-order valence-electron chi connectivity index (χ2n) is 3.24. The molecule has 0 bridgehead atoms. The van der Waals surface area contributed by atoms with Crippen LogP contribution in [0.4, 0.5) is 13.2 Å². The number of ether oxygens (including phenoxy) is 1. The number of rotatable bonds is 1. The summed E-state index contributed by atoms with van der Waals surface area (Å²) in [5, 5.41) is 0. The quantitative estimate of drug-likeness (QED) is 0.618. The average Bonchev–Trinajstić information content (AvgIpc) is 1.93. The molecule has 0 aliphatic heterocycles. The largest absolute Gasteiger partial charge is 0.572 e. The summed E-state index contributed by atoms with van der Waals surface area (Å²) in [5.41, 5.74) is 1.07. The van der Waals surface area contributed by atoms with Crippen LogP contribution >= 0.6 is 0 Å². The maximum Gasteiger partial charge on any atom is 0.572 e. The van der Waals surface area contributed by atoms with Crippen LogP contribution in [0.25, 0.3) is 0 Å². The van der Waals surface area contributed by atoms with Gasteiger partial charge in [-0.15, -0.1) is 13.2 Å². The Morgan fingerprint density at radius 1 is 1.38 bits per heavy atom. The Bertz CT molecular complexity index is 250. The Balaban J connectivity index is 2.70. The van der Waals surface area contributed by atoms with Gasteiger partial charge >= 0.3 is 6.36 Å². The van der Waals surface area contributed by atoms with E-state index in [1.54, 1.807) is 13.0 Å². The van der Waals surface area contributed by atoms with Crippen molar-refractivity contribution in [3.63, 3.8) is 0 Å². The normalized spacial score (nSPS) is 23.6. The minimum Gasteiger partial charge on any atom is -0.410 e. The molecular weight excluding hydrogens is 181 g/mol. The monoisotopic (exact) mass is 192 g/mol. The fourth-order valence-electron chi connectivity index (χ4n) is 1.31. The molecule has 0 amide bonds. The van der Waals surface area contributed by atoms with Gasteiger partial charge in [0.15, 0.2) is 0 Å². The fourth-order valence-corrected chi connectivity index (χ4v) is 1.31. The van der Waals surface area contributed by atoms with Crippen molar-refractivity contribution in [2.45, 2.75) is 26.6 Å². The second-order valence-corrected chi connectivity index (χ2v) is 3.24. The van der Waals surface area contributed by atoms with E-state index in [0.29, 0.717) is 6.42 Å². The number of hydrogen-bond donors (Lipinski definition) is 0. The van der Waals surface area contributed by atoms with Gasteiger partial charge in [0.05, 0.1) is 0 Å². The molecule has 0 spiro atoms. The van der Waals surface area contributed by atoms with E-state index in [1.165, 1.54) is 6.08 Å². The van der Waals surface area contributed by atoms with Crippen LogP contribution in [-0.4, -0.2) is 6.36 Å². The number of halogens is 3. The summed E-state index contributed by atoms with van der Waals surface area (Å²) in [6, 6.07) is 0. The van der Waals surface area contributed by atoms with Gasteiger partial charge in [-0.25, -0.2) is 0 Å². The number of allylic oxidation sites excluding steroid dienone is 4. The highest BCUT2D eigenvalue weighted by molar-refractivity contribution is 5.21. The summed E-state index contributed by atoms with van der Waals surface area (Å²) in [4.78, 5) is 0. The van der Waals surface area contributed by atoms with Gasteiger partial charge in [0.2, 0.25) is 0 Å². The number of hydrogen-bond acceptors (Lipinski definition) is 1. The van der Waals surface area contributed by atoms with E-state index >= 15 is 0 Å². The first-order chi connectivity index (χ1) is 5.88. The minimum absolute atomic E-state index is 0.00176. The standard InChI is InChI=1S/C9H11F3O/c1-6-3-4-8(7(2)5-6)13-9(10,11)12/h3-4,7H,5H2,1-2H3. The third-order valence-electron chi connectivity index (χ3n) is 1.88. The van der Waals surface area contributed by atoms with E-state index in [9.17, 15) is 13.2 Å². The molecule has 0 radical (unpaired) electrons. The summed E-state index contributed by atoms with van der Waals surface area (Å²) < 4.78 is 39.3. The molecule has 4 heteroatoms. The molecule has 13 heavy (non-hydrogen) atoms. The zero-order valence-corrected chi connectivity index (χ0v) is 7.48. The molecule has 0 saturated carbocycles. The van der Waals surface area contributed by atoms with Crippen LogP contribution in [0.1, 0.15) is 20.3 Å². The van der Waals surface area contributed by atoms with E-state index in [1.807, 2.05) is 6.92 Å². The highest BCUT2D eigenvalue weighted by atomic mass is 19.4. The maximum absolute atomic E-state index is 11.8. The molecule has 0 fully saturated rings. The van der Waals surface area contributed by atoms with Gasteiger partial charge in [-0.3, -0.25) is 0 Å². The van der Waals surface area contributed by atoms with Crippen LogP contribution < -0.4 is 0 Å². The SMILES string of the molecule is CC1=CC=C(OC(F)(F)F)C(C)C1. The van der Waals surface area contributed by atoms with Crippen LogP contribution in [0, 0.1) is 5.92 Å². The molecule has 0 heterocycles. The van der Waals surface area contributed by atoms with Crippen LogP contribution in [0.2, 0.25) is 0 Å². The lowest BCUT2D eigenvalue weighted by atomic mass is 9.95. The van der Waals surface area contributed by atoms with E-state index in [0.717, 1.165) is 5.57 Å². The molecule has 0 aromatic heterocycles. The van der Waals surface area contributed by atoms with Gasteiger partial charge < -0.3 is 4.74 Å². The molecule has 1 aliphatic carbocycles. The van der Waals surface area contributed by atoms with Gasteiger partial charge in [-0.1, -0.05) is 18.6 Å². The molecule has 0 aromatic carbocycles. The molecular formula is C9H11F3O. The lowest BCUT2D eigenvalue weighted by Crippen LogP contribution is -2.18. The van der Waals surface area contributed by atoms with Gasteiger partial charge in [0, 0.05) is 5.92 Å². The minimum atomic E-state index is -4.57. The van der Waals surface area contributed by atoms with E-state index in [4.69, 9.17) is 0 Å². The van der Waals surface area contributed by atoms with Gasteiger partial charge in [-0.05, 0) is 19.4 Å². The lowest BCUT2D eigenvalue weighted by molar-refractivity contribution is -0.308. The van der Waals surface area contributed by atoms with Crippen molar-refractivity contribution < 1.29 is 17.9 Å². The summed E-state index contributed by atoms with van der Waals surface area (Å²) in [5.74, 6) is -0.190. The van der Waals surface area contributed by atoms with E-state index in [2.05, 4.69) is 4.74 Å². The highest BCUT2D eigenvalue weighted by Crippen LogP contribution is 2.30. The Labute approximate surface area is 74.9 Å². The third kappa shape index (κ3) is 3.13. The van der Waals surface area contributed by atoms with Crippen molar-refractivity contribution in [1.82, 2.24) is 0 Å². The van der Waals surface area contributed by atoms with Crippen LogP contribution in [0.15, 0.2) is 23.5 Å². The molecule has 0 aromatic rings. The van der Waals surface area contributed by atoms with Crippen molar-refractivity contribution in [1.29, 1.82) is 0 Å². The maximum atomic E-state index is 11.8. The summed E-state index contributed by atoms with van der Waals surface area (Å²) in [6.07, 6.45) is -0.904. The molecule has 1 aliphatic rings. The third-order valence-corrected chi connectivity index (χ3v) is 1.88. The molecule has 1 rings (SSSR count). The highest BCUT2D eigenvalue weighted by Gasteiger charge is 2.33. The van der Waals surface area contributed by atoms with E-state index in [-0.39, 0.29) is 11.7 Å². The first-order valence-electron chi connectivity index (χ1n) is 4.01.